The van der Waals surface area contributed by atoms with Crippen LogP contribution in [0, 0.1) is 0 Å². The van der Waals surface area contributed by atoms with Crippen molar-refractivity contribution < 1.29 is 19.1 Å². The lowest BCUT2D eigenvalue weighted by atomic mass is 10.3. The van der Waals surface area contributed by atoms with Gasteiger partial charge in [0.1, 0.15) is 11.5 Å². The van der Waals surface area contributed by atoms with Gasteiger partial charge in [-0.25, -0.2) is 20.4 Å². The minimum atomic E-state index is -0.544. The number of rotatable bonds is 4. The molecule has 0 heterocycles. The minimum Gasteiger partial charge on any atom is -0.497 e. The highest BCUT2D eigenvalue weighted by atomic mass is 32.1. The molecule has 0 unspecified atom stereocenters. The van der Waals surface area contributed by atoms with Crippen molar-refractivity contribution in [2.45, 2.75) is 0 Å². The molecule has 0 aliphatic rings. The van der Waals surface area contributed by atoms with Crippen LogP contribution in [0.5, 0.6) is 11.5 Å². The zero-order chi connectivity index (χ0) is 20.4. The summed E-state index contributed by atoms with van der Waals surface area (Å²) in [5.74, 6) is 1.35. The van der Waals surface area contributed by atoms with E-state index in [1.165, 1.54) is 0 Å². The van der Waals surface area contributed by atoms with Crippen molar-refractivity contribution in [3.63, 3.8) is 0 Å². The second-order valence-electron chi connectivity index (χ2n) is 5.19. The van der Waals surface area contributed by atoms with Crippen molar-refractivity contribution in [3.05, 3.63) is 48.5 Å². The van der Waals surface area contributed by atoms with Gasteiger partial charge in [0.15, 0.2) is 0 Å². The lowest BCUT2D eigenvalue weighted by molar-refractivity contribution is 0.249. The number of carbonyl (C=O) groups excluding carboxylic acids is 2. The van der Waals surface area contributed by atoms with Crippen LogP contribution in [0.15, 0.2) is 48.5 Å². The average molecular weight is 404 g/mol. The maximum Gasteiger partial charge on any atom is 0.337 e. The van der Waals surface area contributed by atoms with Gasteiger partial charge in [0.2, 0.25) is 5.11 Å². The largest absolute Gasteiger partial charge is 0.497 e. The molecule has 0 aromatic heterocycles. The van der Waals surface area contributed by atoms with E-state index in [-0.39, 0.29) is 5.11 Å². The van der Waals surface area contributed by atoms with E-state index in [1.807, 2.05) is 0 Å². The summed E-state index contributed by atoms with van der Waals surface area (Å²) in [6, 6.07) is 12.5. The van der Waals surface area contributed by atoms with E-state index < -0.39 is 12.1 Å². The Hall–Kier alpha value is -3.73. The first kappa shape index (κ1) is 20.6. The molecule has 148 valence electrons. The van der Waals surface area contributed by atoms with Crippen LogP contribution in [-0.2, 0) is 0 Å². The van der Waals surface area contributed by atoms with Gasteiger partial charge in [-0.3, -0.25) is 10.9 Å². The molecule has 4 amide bonds. The van der Waals surface area contributed by atoms with Gasteiger partial charge in [0, 0.05) is 11.4 Å². The Bertz CT molecular complexity index is 746. The number of carbonyl (C=O) groups is 2. The molecule has 0 atom stereocenters. The van der Waals surface area contributed by atoms with Crippen LogP contribution in [0.4, 0.5) is 21.0 Å². The smallest absolute Gasteiger partial charge is 0.337 e. The highest BCUT2D eigenvalue weighted by Gasteiger charge is 2.05. The first-order valence-electron chi connectivity index (χ1n) is 7.98. The predicted octanol–water partition coefficient (Wildman–Crippen LogP) is 1.94. The Morgan fingerprint density at radius 2 is 1.04 bits per heavy atom. The third kappa shape index (κ3) is 6.88. The van der Waals surface area contributed by atoms with E-state index in [0.717, 1.165) is 0 Å². The van der Waals surface area contributed by atoms with Crippen molar-refractivity contribution in [2.24, 2.45) is 0 Å². The van der Waals surface area contributed by atoms with Crippen LogP contribution in [0.25, 0.3) is 0 Å². The summed E-state index contributed by atoms with van der Waals surface area (Å²) in [6.45, 7) is 0. The summed E-state index contributed by atoms with van der Waals surface area (Å²) in [5.41, 5.74) is 10.6. The second-order valence-corrected chi connectivity index (χ2v) is 5.60. The maximum atomic E-state index is 11.8. The number of hydrogen-bond donors (Lipinski definition) is 6. The molecule has 0 bridgehead atoms. The van der Waals surface area contributed by atoms with Crippen LogP contribution >= 0.6 is 12.2 Å². The van der Waals surface area contributed by atoms with Crippen LogP contribution < -0.4 is 41.8 Å². The zero-order valence-corrected chi connectivity index (χ0v) is 16.0. The van der Waals surface area contributed by atoms with E-state index in [4.69, 9.17) is 21.7 Å². The molecule has 28 heavy (non-hydrogen) atoms. The van der Waals surface area contributed by atoms with Gasteiger partial charge in [0.05, 0.1) is 14.2 Å². The number of amides is 4. The first-order valence-corrected chi connectivity index (χ1v) is 8.39. The molecule has 0 fully saturated rings. The van der Waals surface area contributed by atoms with Gasteiger partial charge in [-0.05, 0) is 60.7 Å². The Balaban J connectivity index is 1.66. The summed E-state index contributed by atoms with van der Waals surface area (Å²) in [6.07, 6.45) is 0. The van der Waals surface area contributed by atoms with Crippen molar-refractivity contribution >= 4 is 40.8 Å². The molecule has 10 nitrogen and oxygen atoms in total. The first-order chi connectivity index (χ1) is 13.5. The number of benzene rings is 2. The fourth-order valence-corrected chi connectivity index (χ4v) is 2.03. The highest BCUT2D eigenvalue weighted by Crippen LogP contribution is 2.15. The highest BCUT2D eigenvalue weighted by molar-refractivity contribution is 7.80. The summed E-state index contributed by atoms with van der Waals surface area (Å²) >= 11 is 4.95. The number of anilines is 2. The predicted molar refractivity (Wildman–Crippen MR) is 109 cm³/mol. The number of ether oxygens (including phenoxy) is 2. The Morgan fingerprint density at radius 1 is 0.679 bits per heavy atom. The molecule has 6 N–H and O–H groups in total. The number of thiocarbonyl (C=S) groups is 1. The lowest BCUT2D eigenvalue weighted by Gasteiger charge is -2.13. The lowest BCUT2D eigenvalue weighted by Crippen LogP contribution is -2.53. The zero-order valence-electron chi connectivity index (χ0n) is 15.2. The summed E-state index contributed by atoms with van der Waals surface area (Å²) in [5, 5.41) is 5.16. The minimum absolute atomic E-state index is 0.0187. The monoisotopic (exact) mass is 404 g/mol. The maximum absolute atomic E-state index is 11.8. The molecule has 0 saturated carbocycles. The molecule has 0 aliphatic heterocycles. The second kappa shape index (κ2) is 10.4. The number of methoxy groups -OCH3 is 2. The molecular weight excluding hydrogens is 384 g/mol. The standard InChI is InChI=1S/C17H20N6O4S/c1-26-13-7-3-11(4-8-13)18-15(24)20-22-17(28)23-21-16(25)19-12-5-9-14(27-2)10-6-12/h3-10H,1-2H3,(H2,18,20,24)(H2,19,21,25)(H2,22,23,28). The third-order valence-corrected chi connectivity index (χ3v) is 3.48. The number of hydrogen-bond acceptors (Lipinski definition) is 5. The molecule has 0 spiro atoms. The molecule has 0 aliphatic carbocycles. The van der Waals surface area contributed by atoms with Crippen LogP contribution in [0.2, 0.25) is 0 Å². The van der Waals surface area contributed by atoms with E-state index in [9.17, 15) is 9.59 Å². The molecule has 0 radical (unpaired) electrons. The summed E-state index contributed by atoms with van der Waals surface area (Å²) in [7, 11) is 3.11. The van der Waals surface area contributed by atoms with Crippen LogP contribution in [0.1, 0.15) is 0 Å². The normalized spacial score (nSPS) is 9.50. The van der Waals surface area contributed by atoms with E-state index in [0.29, 0.717) is 22.9 Å². The van der Waals surface area contributed by atoms with Gasteiger partial charge in [-0.2, -0.15) is 0 Å². The summed E-state index contributed by atoms with van der Waals surface area (Å²) in [4.78, 5) is 23.6. The molecule has 2 aromatic rings. The van der Waals surface area contributed by atoms with Crippen molar-refractivity contribution in [2.75, 3.05) is 24.9 Å². The average Bonchev–Trinajstić information content (AvgIpc) is 2.72. The molecule has 2 rings (SSSR count). The molecule has 0 saturated heterocycles. The van der Waals surface area contributed by atoms with Gasteiger partial charge in [0.25, 0.3) is 0 Å². The third-order valence-electron chi connectivity index (χ3n) is 3.27. The number of urea groups is 2. The number of hydrazine groups is 2. The van der Waals surface area contributed by atoms with Gasteiger partial charge in [-0.1, -0.05) is 0 Å². The van der Waals surface area contributed by atoms with E-state index >= 15 is 0 Å². The summed E-state index contributed by atoms with van der Waals surface area (Å²) < 4.78 is 10.1. The van der Waals surface area contributed by atoms with Crippen molar-refractivity contribution in [1.29, 1.82) is 0 Å². The number of nitrogens with one attached hydrogen (secondary N) is 6. The Kier molecular flexibility index (Phi) is 7.66. The van der Waals surface area contributed by atoms with Gasteiger partial charge in [-0.15, -0.1) is 0 Å². The Morgan fingerprint density at radius 3 is 1.36 bits per heavy atom. The van der Waals surface area contributed by atoms with Crippen molar-refractivity contribution in [3.8, 4) is 11.5 Å². The topological polar surface area (TPSA) is 125 Å². The SMILES string of the molecule is COc1ccc(NC(=O)NNC(=S)NNC(=O)Nc2ccc(OC)cc2)cc1. The van der Waals surface area contributed by atoms with E-state index in [2.05, 4.69) is 32.3 Å². The molecular formula is C17H20N6O4S. The van der Waals surface area contributed by atoms with Gasteiger partial charge >= 0.3 is 12.1 Å². The molecule has 11 heteroatoms. The van der Waals surface area contributed by atoms with E-state index in [1.54, 1.807) is 62.8 Å². The van der Waals surface area contributed by atoms with Crippen LogP contribution in [0.3, 0.4) is 0 Å². The molecule has 2 aromatic carbocycles. The fraction of sp³-hybridized carbons (Fsp3) is 0.118. The van der Waals surface area contributed by atoms with Crippen molar-refractivity contribution in [1.82, 2.24) is 21.7 Å². The quantitative estimate of drug-likeness (QED) is 0.340. The van der Waals surface area contributed by atoms with Crippen LogP contribution in [-0.4, -0.2) is 31.4 Å². The Labute approximate surface area is 166 Å². The fourth-order valence-electron chi connectivity index (χ4n) is 1.93. The van der Waals surface area contributed by atoms with Gasteiger partial charge < -0.3 is 20.1 Å².